The molecule has 6 heteroatoms. The van der Waals surface area contributed by atoms with Crippen molar-refractivity contribution in [3.05, 3.63) is 41.7 Å². The number of aromatic amines is 1. The summed E-state index contributed by atoms with van der Waals surface area (Å²) in [6.07, 6.45) is 1.59. The summed E-state index contributed by atoms with van der Waals surface area (Å²) >= 11 is 0. The molecule has 0 fully saturated rings. The third-order valence-corrected chi connectivity index (χ3v) is 2.24. The van der Waals surface area contributed by atoms with Crippen molar-refractivity contribution in [1.82, 2.24) is 20.3 Å². The van der Waals surface area contributed by atoms with E-state index in [4.69, 9.17) is 0 Å². The topological polar surface area (TPSA) is 81.4 Å². The van der Waals surface area contributed by atoms with Crippen molar-refractivity contribution in [2.45, 2.75) is 0 Å². The highest BCUT2D eigenvalue weighted by Crippen LogP contribution is 2.12. The lowest BCUT2D eigenvalue weighted by atomic mass is 10.3. The molecule has 0 saturated heterocycles. The van der Waals surface area contributed by atoms with Crippen molar-refractivity contribution in [2.75, 3.05) is 0 Å². The second-order valence-electron chi connectivity index (χ2n) is 3.27. The summed E-state index contributed by atoms with van der Waals surface area (Å²) in [5, 5.41) is 22.0. The number of fused-ring (bicyclic) bond motifs is 1. The maximum Gasteiger partial charge on any atom is 0.270 e. The number of benzene rings is 1. The van der Waals surface area contributed by atoms with Crippen LogP contribution in [0.3, 0.4) is 0 Å². The minimum Gasteiger partial charge on any atom is -0.594 e. The molecule has 0 aliphatic rings. The maximum absolute atomic E-state index is 11.6. The summed E-state index contributed by atoms with van der Waals surface area (Å²) in [6.45, 7) is 0. The second-order valence-corrected chi connectivity index (χ2v) is 3.27. The number of hydrogen-bond acceptors (Lipinski definition) is 4. The molecule has 1 N–H and O–H groups in total. The summed E-state index contributed by atoms with van der Waals surface area (Å²) in [6, 6.07) is 8.76. The molecule has 0 aliphatic heterocycles. The molecule has 3 rings (SSSR count). The number of aromatic nitrogens is 5. The van der Waals surface area contributed by atoms with Gasteiger partial charge in [0, 0.05) is 17.4 Å². The molecule has 2 heterocycles. The van der Waals surface area contributed by atoms with E-state index in [-0.39, 0.29) is 0 Å². The molecule has 1 aromatic carbocycles. The van der Waals surface area contributed by atoms with Crippen LogP contribution >= 0.6 is 0 Å². The highest BCUT2D eigenvalue weighted by atomic mass is 16.5. The smallest absolute Gasteiger partial charge is 0.270 e. The molecule has 2 aromatic heterocycles. The van der Waals surface area contributed by atoms with Gasteiger partial charge in [-0.25, -0.2) is 4.98 Å². The fourth-order valence-electron chi connectivity index (χ4n) is 1.49. The van der Waals surface area contributed by atoms with Crippen LogP contribution in [0.25, 0.3) is 22.6 Å². The Bertz CT molecular complexity index is 635. The van der Waals surface area contributed by atoms with Gasteiger partial charge in [-0.1, -0.05) is 12.1 Å². The number of nitrogens with zero attached hydrogens (tertiary/aromatic N) is 4. The number of rotatable bonds is 1. The molecular weight excluding hydrogens is 206 g/mol. The Morgan fingerprint density at radius 3 is 2.88 bits per heavy atom. The van der Waals surface area contributed by atoms with Crippen LogP contribution < -0.4 is 4.85 Å². The van der Waals surface area contributed by atoms with Gasteiger partial charge in [0.1, 0.15) is 11.2 Å². The van der Waals surface area contributed by atoms with E-state index in [1.54, 1.807) is 30.5 Å². The average Bonchev–Trinajstić information content (AvgIpc) is 2.82. The first kappa shape index (κ1) is 8.78. The fourth-order valence-corrected chi connectivity index (χ4v) is 1.49. The summed E-state index contributed by atoms with van der Waals surface area (Å²) in [4.78, 5) is 4.84. The Labute approximate surface area is 90.2 Å². The van der Waals surface area contributed by atoms with Gasteiger partial charge in [-0.3, -0.25) is 5.10 Å². The zero-order valence-corrected chi connectivity index (χ0v) is 8.16. The molecule has 0 atom stereocenters. The van der Waals surface area contributed by atoms with E-state index in [1.807, 2.05) is 6.07 Å². The lowest BCUT2D eigenvalue weighted by Gasteiger charge is -2.00. The van der Waals surface area contributed by atoms with Crippen molar-refractivity contribution >= 4 is 11.0 Å². The summed E-state index contributed by atoms with van der Waals surface area (Å²) in [5.41, 5.74) is 1.68. The molecule has 0 radical (unpaired) electrons. The van der Waals surface area contributed by atoms with Crippen LogP contribution in [0.5, 0.6) is 0 Å². The van der Waals surface area contributed by atoms with E-state index < -0.39 is 0 Å². The van der Waals surface area contributed by atoms with Crippen molar-refractivity contribution in [1.29, 1.82) is 0 Å². The Morgan fingerprint density at radius 1 is 1.19 bits per heavy atom. The minimum atomic E-state index is 0.339. The van der Waals surface area contributed by atoms with Gasteiger partial charge in [-0.15, -0.1) is 0 Å². The van der Waals surface area contributed by atoms with Crippen LogP contribution in [-0.4, -0.2) is 20.3 Å². The lowest BCUT2D eigenvalue weighted by Crippen LogP contribution is -2.33. The van der Waals surface area contributed by atoms with E-state index in [9.17, 15) is 5.21 Å². The van der Waals surface area contributed by atoms with E-state index >= 15 is 0 Å². The summed E-state index contributed by atoms with van der Waals surface area (Å²) in [7, 11) is 0. The normalized spacial score (nSPS) is 10.8. The van der Waals surface area contributed by atoms with Gasteiger partial charge >= 0.3 is 0 Å². The fraction of sp³-hybridized carbons (Fsp3) is 0. The first-order valence-electron chi connectivity index (χ1n) is 4.71. The van der Waals surface area contributed by atoms with Gasteiger partial charge in [-0.2, -0.15) is 5.10 Å². The first-order valence-corrected chi connectivity index (χ1v) is 4.71. The van der Waals surface area contributed by atoms with Gasteiger partial charge in [0.15, 0.2) is 0 Å². The van der Waals surface area contributed by atoms with E-state index in [1.165, 1.54) is 0 Å². The Kier molecular flexibility index (Phi) is 1.79. The average molecular weight is 213 g/mol. The Morgan fingerprint density at radius 2 is 2.06 bits per heavy atom. The zero-order chi connectivity index (χ0) is 11.0. The van der Waals surface area contributed by atoms with Gasteiger partial charge in [0.05, 0.1) is 0 Å². The van der Waals surface area contributed by atoms with Crippen LogP contribution in [0.1, 0.15) is 0 Å². The predicted octanol–water partition coefficient (Wildman–Crippen LogP) is 0.653. The summed E-state index contributed by atoms with van der Waals surface area (Å²) < 4.78 is 0. The molecular formula is C10H7N5O. The molecule has 0 unspecified atom stereocenters. The third kappa shape index (κ3) is 1.28. The number of hydrogen-bond donors (Lipinski definition) is 1. The van der Waals surface area contributed by atoms with Gasteiger partial charge in [0.2, 0.25) is 5.82 Å². The molecule has 0 bridgehead atoms. The lowest BCUT2D eigenvalue weighted by molar-refractivity contribution is -0.642. The van der Waals surface area contributed by atoms with Crippen molar-refractivity contribution in [3.8, 4) is 11.5 Å². The van der Waals surface area contributed by atoms with Crippen LogP contribution in [0.2, 0.25) is 0 Å². The molecule has 16 heavy (non-hydrogen) atoms. The van der Waals surface area contributed by atoms with Crippen molar-refractivity contribution in [3.63, 3.8) is 0 Å². The third-order valence-electron chi connectivity index (χ3n) is 2.24. The molecule has 6 nitrogen and oxygen atoms in total. The van der Waals surface area contributed by atoms with E-state index in [0.29, 0.717) is 27.4 Å². The van der Waals surface area contributed by atoms with Crippen LogP contribution in [-0.2, 0) is 0 Å². The Hall–Kier alpha value is -2.50. The van der Waals surface area contributed by atoms with Gasteiger partial charge in [0.25, 0.3) is 5.52 Å². The quantitative estimate of drug-likeness (QED) is 0.475. The standard InChI is InChI=1S/C10H7N5O/c16-15-9-4-2-1-3-7(9)12-10(14-15)8-5-6-11-13-8/h1-6H,(H,11,13). The molecule has 0 amide bonds. The van der Waals surface area contributed by atoms with Crippen LogP contribution in [0.4, 0.5) is 0 Å². The highest BCUT2D eigenvalue weighted by molar-refractivity contribution is 5.71. The van der Waals surface area contributed by atoms with Gasteiger partial charge < -0.3 is 5.21 Å². The molecule has 78 valence electrons. The van der Waals surface area contributed by atoms with Crippen LogP contribution in [0, 0.1) is 5.21 Å². The SMILES string of the molecule is [O-][n+]1nc(-c2ccn[nH]2)nc2ccccc21. The van der Waals surface area contributed by atoms with Crippen molar-refractivity contribution < 1.29 is 4.85 Å². The molecule has 0 spiro atoms. The number of nitrogens with one attached hydrogen (secondary N) is 1. The first-order chi connectivity index (χ1) is 7.84. The molecule has 0 aliphatic carbocycles. The van der Waals surface area contributed by atoms with Gasteiger partial charge in [-0.05, 0) is 17.0 Å². The maximum atomic E-state index is 11.6. The molecule has 0 saturated carbocycles. The van der Waals surface area contributed by atoms with E-state index in [0.717, 1.165) is 0 Å². The summed E-state index contributed by atoms with van der Waals surface area (Å²) in [5.74, 6) is 0.339. The highest BCUT2D eigenvalue weighted by Gasteiger charge is 2.12. The number of para-hydroxylation sites is 2. The van der Waals surface area contributed by atoms with Crippen molar-refractivity contribution in [2.24, 2.45) is 0 Å². The predicted molar refractivity (Wildman–Crippen MR) is 56.1 cm³/mol. The zero-order valence-electron chi connectivity index (χ0n) is 8.16. The van der Waals surface area contributed by atoms with E-state index in [2.05, 4.69) is 20.3 Å². The number of H-pyrrole nitrogens is 1. The monoisotopic (exact) mass is 213 g/mol. The molecule has 3 aromatic rings. The minimum absolute atomic E-state index is 0.339. The largest absolute Gasteiger partial charge is 0.594 e. The Balaban J connectivity index is 2.29. The van der Waals surface area contributed by atoms with Crippen LogP contribution in [0.15, 0.2) is 36.5 Å². The second kappa shape index (κ2) is 3.27.